The van der Waals surface area contributed by atoms with E-state index in [2.05, 4.69) is 5.32 Å². The average Bonchev–Trinajstić information content (AvgIpc) is 2.06. The molecule has 0 aromatic heterocycles. The summed E-state index contributed by atoms with van der Waals surface area (Å²) in [4.78, 5) is 0. The molecule has 1 rings (SSSR count). The van der Waals surface area contributed by atoms with Gasteiger partial charge in [-0.25, -0.2) is 8.78 Å². The van der Waals surface area contributed by atoms with Crippen LogP contribution in [0.1, 0.15) is 25.7 Å². The highest BCUT2D eigenvalue weighted by Crippen LogP contribution is 2.31. The van der Waals surface area contributed by atoms with Crippen molar-refractivity contribution in [2.75, 3.05) is 13.6 Å². The lowest BCUT2D eigenvalue weighted by molar-refractivity contribution is 0.0468. The van der Waals surface area contributed by atoms with Crippen LogP contribution >= 0.6 is 12.4 Å². The van der Waals surface area contributed by atoms with E-state index >= 15 is 0 Å². The third-order valence-corrected chi connectivity index (χ3v) is 2.74. The van der Waals surface area contributed by atoms with E-state index in [4.69, 9.17) is 0 Å². The van der Waals surface area contributed by atoms with Crippen LogP contribution in [-0.4, -0.2) is 20.0 Å². The number of hydrogen-bond donors (Lipinski definition) is 1. The Morgan fingerprint density at radius 1 is 1.23 bits per heavy atom. The molecular weight excluding hydrogens is 196 g/mol. The van der Waals surface area contributed by atoms with Gasteiger partial charge < -0.3 is 5.32 Å². The van der Waals surface area contributed by atoms with E-state index in [1.807, 2.05) is 7.05 Å². The Kier molecular flexibility index (Phi) is 6.60. The second-order valence-electron chi connectivity index (χ2n) is 3.67. The van der Waals surface area contributed by atoms with Crippen molar-refractivity contribution in [2.45, 2.75) is 32.1 Å². The molecule has 0 spiro atoms. The first kappa shape index (κ1) is 13.1. The summed E-state index contributed by atoms with van der Waals surface area (Å²) in [6.07, 6.45) is 1.26. The van der Waals surface area contributed by atoms with Gasteiger partial charge in [0.2, 0.25) is 6.43 Å². The molecule has 0 bridgehead atoms. The Morgan fingerprint density at radius 2 is 1.77 bits per heavy atom. The largest absolute Gasteiger partial charge is 0.319 e. The second-order valence-corrected chi connectivity index (χ2v) is 3.67. The molecule has 13 heavy (non-hydrogen) atoms. The highest BCUT2D eigenvalue weighted by molar-refractivity contribution is 5.85. The Balaban J connectivity index is 0.00000144. The molecule has 0 unspecified atom stereocenters. The van der Waals surface area contributed by atoms with Crippen LogP contribution in [0.3, 0.4) is 0 Å². The van der Waals surface area contributed by atoms with Crippen molar-refractivity contribution in [1.82, 2.24) is 5.32 Å². The van der Waals surface area contributed by atoms with Gasteiger partial charge in [-0.05, 0) is 45.2 Å². The predicted molar refractivity (Wildman–Crippen MR) is 52.6 cm³/mol. The Bertz CT molecular complexity index is 125. The predicted octanol–water partition coefficient (Wildman–Crippen LogP) is 2.70. The van der Waals surface area contributed by atoms with E-state index < -0.39 is 6.43 Å². The fraction of sp³-hybridized carbons (Fsp3) is 1.00. The maximum absolute atomic E-state index is 12.2. The first-order valence-corrected chi connectivity index (χ1v) is 4.66. The van der Waals surface area contributed by atoms with Gasteiger partial charge in [-0.3, -0.25) is 0 Å². The van der Waals surface area contributed by atoms with Gasteiger partial charge in [0, 0.05) is 5.92 Å². The SMILES string of the molecule is CNCC1CCC(C(F)F)CC1.Cl. The molecule has 0 radical (unpaired) electrons. The van der Waals surface area contributed by atoms with Crippen molar-refractivity contribution in [1.29, 1.82) is 0 Å². The van der Waals surface area contributed by atoms with Gasteiger partial charge in [0.15, 0.2) is 0 Å². The molecule has 80 valence electrons. The minimum atomic E-state index is -2.10. The fourth-order valence-corrected chi connectivity index (χ4v) is 1.93. The minimum absolute atomic E-state index is 0. The van der Waals surface area contributed by atoms with E-state index in [9.17, 15) is 8.78 Å². The summed E-state index contributed by atoms with van der Waals surface area (Å²) in [6.45, 7) is 0.982. The van der Waals surface area contributed by atoms with Crippen LogP contribution in [0.2, 0.25) is 0 Å². The molecule has 1 nitrogen and oxygen atoms in total. The van der Waals surface area contributed by atoms with Crippen LogP contribution in [0, 0.1) is 11.8 Å². The number of halogens is 3. The minimum Gasteiger partial charge on any atom is -0.319 e. The third kappa shape index (κ3) is 4.23. The average molecular weight is 214 g/mol. The fourth-order valence-electron chi connectivity index (χ4n) is 1.93. The van der Waals surface area contributed by atoms with Crippen molar-refractivity contribution in [3.8, 4) is 0 Å². The van der Waals surface area contributed by atoms with Crippen molar-refractivity contribution < 1.29 is 8.78 Å². The highest BCUT2D eigenvalue weighted by atomic mass is 35.5. The van der Waals surface area contributed by atoms with Crippen LogP contribution in [0.4, 0.5) is 8.78 Å². The first-order valence-electron chi connectivity index (χ1n) is 4.66. The molecule has 0 atom stereocenters. The van der Waals surface area contributed by atoms with Gasteiger partial charge in [0.05, 0.1) is 0 Å². The van der Waals surface area contributed by atoms with Crippen LogP contribution in [0.5, 0.6) is 0 Å². The molecule has 0 aromatic rings. The summed E-state index contributed by atoms with van der Waals surface area (Å²) in [5.74, 6) is 0.308. The van der Waals surface area contributed by atoms with Gasteiger partial charge in [-0.2, -0.15) is 0 Å². The van der Waals surface area contributed by atoms with Gasteiger partial charge in [-0.1, -0.05) is 0 Å². The molecule has 4 heteroatoms. The van der Waals surface area contributed by atoms with Gasteiger partial charge in [-0.15, -0.1) is 12.4 Å². The zero-order chi connectivity index (χ0) is 8.97. The monoisotopic (exact) mass is 213 g/mol. The summed E-state index contributed by atoms with van der Waals surface area (Å²) in [5.41, 5.74) is 0. The van der Waals surface area contributed by atoms with E-state index in [0.717, 1.165) is 19.4 Å². The summed E-state index contributed by atoms with van der Waals surface area (Å²) >= 11 is 0. The number of hydrogen-bond acceptors (Lipinski definition) is 1. The van der Waals surface area contributed by atoms with Crippen LogP contribution in [0.25, 0.3) is 0 Å². The molecule has 1 aliphatic carbocycles. The zero-order valence-corrected chi connectivity index (χ0v) is 8.75. The maximum atomic E-state index is 12.2. The Hall–Kier alpha value is 0.110. The standard InChI is InChI=1S/C9H17F2N.ClH/c1-12-6-7-2-4-8(5-3-7)9(10)11;/h7-9,12H,2-6H2,1H3;1H. The lowest BCUT2D eigenvalue weighted by atomic mass is 9.82. The van der Waals surface area contributed by atoms with Crippen LogP contribution in [0.15, 0.2) is 0 Å². The van der Waals surface area contributed by atoms with Gasteiger partial charge >= 0.3 is 0 Å². The summed E-state index contributed by atoms with van der Waals surface area (Å²) in [6, 6.07) is 0. The molecule has 1 aliphatic rings. The van der Waals surface area contributed by atoms with E-state index in [-0.39, 0.29) is 18.3 Å². The Labute approximate surface area is 84.7 Å². The van der Waals surface area contributed by atoms with E-state index in [1.54, 1.807) is 0 Å². The molecule has 0 heterocycles. The summed E-state index contributed by atoms with van der Waals surface area (Å²) in [5, 5.41) is 3.09. The van der Waals surface area contributed by atoms with Crippen molar-refractivity contribution in [3.05, 3.63) is 0 Å². The molecule has 0 amide bonds. The smallest absolute Gasteiger partial charge is 0.241 e. The van der Waals surface area contributed by atoms with Crippen LogP contribution in [-0.2, 0) is 0 Å². The molecule has 1 N–H and O–H groups in total. The lowest BCUT2D eigenvalue weighted by Crippen LogP contribution is -2.26. The zero-order valence-electron chi connectivity index (χ0n) is 7.93. The number of rotatable bonds is 3. The highest BCUT2D eigenvalue weighted by Gasteiger charge is 2.26. The summed E-state index contributed by atoms with van der Waals surface area (Å²) < 4.78 is 24.4. The Morgan fingerprint density at radius 3 is 2.15 bits per heavy atom. The lowest BCUT2D eigenvalue weighted by Gasteiger charge is -2.27. The summed E-state index contributed by atoms with van der Waals surface area (Å²) in [7, 11) is 1.92. The van der Waals surface area contributed by atoms with Crippen molar-refractivity contribution in [3.63, 3.8) is 0 Å². The normalized spacial score (nSPS) is 28.6. The molecular formula is C9H18ClF2N. The van der Waals surface area contributed by atoms with Crippen molar-refractivity contribution in [2.24, 2.45) is 11.8 Å². The molecule has 0 saturated heterocycles. The van der Waals surface area contributed by atoms with Crippen LogP contribution < -0.4 is 5.32 Å². The quantitative estimate of drug-likeness (QED) is 0.760. The molecule has 0 aromatic carbocycles. The molecule has 1 fully saturated rings. The molecule has 0 aliphatic heterocycles. The third-order valence-electron chi connectivity index (χ3n) is 2.74. The first-order chi connectivity index (χ1) is 5.74. The number of nitrogens with one attached hydrogen (secondary N) is 1. The van der Waals surface area contributed by atoms with E-state index in [1.165, 1.54) is 0 Å². The van der Waals surface area contributed by atoms with Crippen molar-refractivity contribution >= 4 is 12.4 Å². The number of alkyl halides is 2. The second kappa shape index (κ2) is 6.55. The molecule has 1 saturated carbocycles. The topological polar surface area (TPSA) is 12.0 Å². The van der Waals surface area contributed by atoms with Gasteiger partial charge in [0.1, 0.15) is 0 Å². The van der Waals surface area contributed by atoms with Gasteiger partial charge in [0.25, 0.3) is 0 Å². The maximum Gasteiger partial charge on any atom is 0.241 e. The van der Waals surface area contributed by atoms with E-state index in [0.29, 0.717) is 18.8 Å².